The Kier molecular flexibility index (Phi) is 3.63. The van der Waals surface area contributed by atoms with Crippen LogP contribution in [0.2, 0.25) is 0 Å². The number of rotatable bonds is 2. The molecular weight excluding hydrogens is 170 g/mol. The molecule has 0 atom stereocenters. The first-order valence-electron chi connectivity index (χ1n) is 6.16. The molecule has 1 heteroatoms. The predicted molar refractivity (Wildman–Crippen MR) is 63.2 cm³/mol. The molecule has 0 aromatic carbocycles. The fourth-order valence-corrected chi connectivity index (χ4v) is 2.81. The maximum atomic E-state index is 6.38. The van der Waals surface area contributed by atoms with Crippen LogP contribution in [0.1, 0.15) is 66.2 Å². The van der Waals surface area contributed by atoms with Crippen LogP contribution in [-0.2, 0) is 0 Å². The molecule has 0 spiro atoms. The van der Waals surface area contributed by atoms with Gasteiger partial charge in [-0.25, -0.2) is 0 Å². The van der Waals surface area contributed by atoms with Crippen molar-refractivity contribution in [2.45, 2.75) is 71.8 Å². The van der Waals surface area contributed by atoms with Crippen molar-refractivity contribution in [3.8, 4) is 0 Å². The molecule has 1 aliphatic rings. The third kappa shape index (κ3) is 2.98. The number of nitrogens with two attached hydrogens (primary N) is 1. The molecule has 84 valence electrons. The molecule has 0 aromatic rings. The molecule has 1 rings (SSSR count). The molecule has 1 saturated carbocycles. The summed E-state index contributed by atoms with van der Waals surface area (Å²) in [4.78, 5) is 0. The highest BCUT2D eigenvalue weighted by Gasteiger charge is 2.35. The predicted octanol–water partition coefficient (Wildman–Crippen LogP) is 3.72. The van der Waals surface area contributed by atoms with Crippen LogP contribution < -0.4 is 5.73 Å². The maximum Gasteiger partial charge on any atom is 0.0154 e. The topological polar surface area (TPSA) is 26.0 Å². The zero-order valence-electron chi connectivity index (χ0n) is 10.4. The lowest BCUT2D eigenvalue weighted by Crippen LogP contribution is -2.44. The lowest BCUT2D eigenvalue weighted by atomic mass is 9.67. The van der Waals surface area contributed by atoms with Gasteiger partial charge in [0.15, 0.2) is 0 Å². The molecule has 0 radical (unpaired) electrons. The fourth-order valence-electron chi connectivity index (χ4n) is 2.81. The summed E-state index contributed by atoms with van der Waals surface area (Å²) in [5, 5.41) is 0. The van der Waals surface area contributed by atoms with Crippen LogP contribution in [0, 0.1) is 11.3 Å². The average molecular weight is 197 g/mol. The van der Waals surface area contributed by atoms with Crippen LogP contribution >= 0.6 is 0 Å². The van der Waals surface area contributed by atoms with Gasteiger partial charge in [0.1, 0.15) is 0 Å². The van der Waals surface area contributed by atoms with E-state index in [-0.39, 0.29) is 5.54 Å². The van der Waals surface area contributed by atoms with Gasteiger partial charge in [0, 0.05) is 5.54 Å². The number of hydrogen-bond donors (Lipinski definition) is 1. The normalized spacial score (nSPS) is 34.5. The minimum Gasteiger partial charge on any atom is -0.325 e. The first-order chi connectivity index (χ1) is 6.37. The van der Waals surface area contributed by atoms with Gasteiger partial charge in [-0.05, 0) is 43.4 Å². The van der Waals surface area contributed by atoms with Gasteiger partial charge in [-0.15, -0.1) is 0 Å². The molecule has 1 aliphatic carbocycles. The van der Waals surface area contributed by atoms with Crippen LogP contribution in [0.5, 0.6) is 0 Å². The first kappa shape index (κ1) is 12.0. The van der Waals surface area contributed by atoms with Crippen molar-refractivity contribution in [2.75, 3.05) is 0 Å². The average Bonchev–Trinajstić information content (AvgIpc) is 2.03. The summed E-state index contributed by atoms with van der Waals surface area (Å²) in [5.41, 5.74) is 7.03. The van der Waals surface area contributed by atoms with Crippen molar-refractivity contribution in [3.05, 3.63) is 0 Å². The standard InChI is InChI=1S/C13H27N/c1-5-8-13(14)9-6-11(7-10-13)12(2,3)4/h11H,5-10,14H2,1-4H3. The Balaban J connectivity index is 2.45. The van der Waals surface area contributed by atoms with E-state index >= 15 is 0 Å². The number of hydrogen-bond acceptors (Lipinski definition) is 1. The second kappa shape index (κ2) is 4.22. The van der Waals surface area contributed by atoms with E-state index < -0.39 is 0 Å². The minimum atomic E-state index is 0.177. The van der Waals surface area contributed by atoms with Gasteiger partial charge in [0.25, 0.3) is 0 Å². The third-order valence-corrected chi connectivity index (χ3v) is 3.95. The van der Waals surface area contributed by atoms with Crippen molar-refractivity contribution in [1.82, 2.24) is 0 Å². The van der Waals surface area contributed by atoms with Crippen molar-refractivity contribution in [2.24, 2.45) is 17.1 Å². The molecule has 0 heterocycles. The second-order valence-corrected chi connectivity index (χ2v) is 6.25. The highest BCUT2D eigenvalue weighted by atomic mass is 14.7. The Morgan fingerprint density at radius 1 is 1.21 bits per heavy atom. The van der Waals surface area contributed by atoms with E-state index in [1.807, 2.05) is 0 Å². The Bertz CT molecular complexity index is 170. The van der Waals surface area contributed by atoms with Crippen molar-refractivity contribution < 1.29 is 0 Å². The molecule has 0 saturated heterocycles. The molecule has 1 fully saturated rings. The van der Waals surface area contributed by atoms with Gasteiger partial charge in [-0.2, -0.15) is 0 Å². The summed E-state index contributed by atoms with van der Waals surface area (Å²) in [6.07, 6.45) is 7.59. The molecular formula is C13H27N. The van der Waals surface area contributed by atoms with E-state index in [9.17, 15) is 0 Å². The van der Waals surface area contributed by atoms with Gasteiger partial charge < -0.3 is 5.73 Å². The van der Waals surface area contributed by atoms with Gasteiger partial charge in [-0.1, -0.05) is 34.1 Å². The smallest absolute Gasteiger partial charge is 0.0154 e. The van der Waals surface area contributed by atoms with Gasteiger partial charge in [-0.3, -0.25) is 0 Å². The molecule has 0 unspecified atom stereocenters. The maximum absolute atomic E-state index is 6.38. The summed E-state index contributed by atoms with van der Waals surface area (Å²) in [5.74, 6) is 0.885. The molecule has 0 aromatic heterocycles. The molecule has 1 nitrogen and oxygen atoms in total. The van der Waals surface area contributed by atoms with E-state index in [1.54, 1.807) is 0 Å². The van der Waals surface area contributed by atoms with Crippen molar-refractivity contribution in [3.63, 3.8) is 0 Å². The summed E-state index contributed by atoms with van der Waals surface area (Å²) < 4.78 is 0. The highest BCUT2D eigenvalue weighted by molar-refractivity contribution is 4.92. The molecule has 2 N–H and O–H groups in total. The van der Waals surface area contributed by atoms with E-state index in [0.717, 1.165) is 5.92 Å². The summed E-state index contributed by atoms with van der Waals surface area (Å²) in [6.45, 7) is 9.33. The molecule has 0 amide bonds. The van der Waals surface area contributed by atoms with Crippen LogP contribution in [0.4, 0.5) is 0 Å². The largest absolute Gasteiger partial charge is 0.325 e. The Morgan fingerprint density at radius 3 is 2.07 bits per heavy atom. The zero-order valence-corrected chi connectivity index (χ0v) is 10.4. The van der Waals surface area contributed by atoms with Gasteiger partial charge in [0.05, 0.1) is 0 Å². The van der Waals surface area contributed by atoms with E-state index in [4.69, 9.17) is 5.73 Å². The zero-order chi connectivity index (χ0) is 10.8. The lowest BCUT2D eigenvalue weighted by molar-refractivity contribution is 0.129. The van der Waals surface area contributed by atoms with Crippen molar-refractivity contribution in [1.29, 1.82) is 0 Å². The fraction of sp³-hybridized carbons (Fsp3) is 1.00. The van der Waals surface area contributed by atoms with E-state index in [1.165, 1.54) is 38.5 Å². The third-order valence-electron chi connectivity index (χ3n) is 3.95. The van der Waals surface area contributed by atoms with E-state index in [2.05, 4.69) is 27.7 Å². The van der Waals surface area contributed by atoms with Gasteiger partial charge >= 0.3 is 0 Å². The highest BCUT2D eigenvalue weighted by Crippen LogP contribution is 2.41. The summed E-state index contributed by atoms with van der Waals surface area (Å²) >= 11 is 0. The molecule has 0 aliphatic heterocycles. The molecule has 0 bridgehead atoms. The van der Waals surface area contributed by atoms with Crippen LogP contribution in [0.3, 0.4) is 0 Å². The monoisotopic (exact) mass is 197 g/mol. The lowest BCUT2D eigenvalue weighted by Gasteiger charge is -2.42. The quantitative estimate of drug-likeness (QED) is 0.717. The summed E-state index contributed by atoms with van der Waals surface area (Å²) in [7, 11) is 0. The SMILES string of the molecule is CCCC1(N)CCC(C(C)(C)C)CC1. The minimum absolute atomic E-state index is 0.177. The van der Waals surface area contributed by atoms with Crippen LogP contribution in [0.15, 0.2) is 0 Å². The van der Waals surface area contributed by atoms with Crippen LogP contribution in [0.25, 0.3) is 0 Å². The van der Waals surface area contributed by atoms with E-state index in [0.29, 0.717) is 5.41 Å². The summed E-state index contributed by atoms with van der Waals surface area (Å²) in [6, 6.07) is 0. The Labute approximate surface area is 89.5 Å². The second-order valence-electron chi connectivity index (χ2n) is 6.25. The first-order valence-corrected chi connectivity index (χ1v) is 6.16. The van der Waals surface area contributed by atoms with Gasteiger partial charge in [0.2, 0.25) is 0 Å². The van der Waals surface area contributed by atoms with Crippen molar-refractivity contribution >= 4 is 0 Å². The Hall–Kier alpha value is -0.0400. The van der Waals surface area contributed by atoms with Crippen LogP contribution in [-0.4, -0.2) is 5.54 Å². The Morgan fingerprint density at radius 2 is 1.71 bits per heavy atom. The molecule has 14 heavy (non-hydrogen) atoms.